The molecule has 19 heavy (non-hydrogen) atoms. The van der Waals surface area contributed by atoms with Gasteiger partial charge < -0.3 is 0 Å². The van der Waals surface area contributed by atoms with Gasteiger partial charge in [-0.2, -0.15) is 5.10 Å². The van der Waals surface area contributed by atoms with Gasteiger partial charge in [0.05, 0.1) is 5.52 Å². The first kappa shape index (κ1) is 10.2. The lowest BCUT2D eigenvalue weighted by molar-refractivity contribution is 0.932. The van der Waals surface area contributed by atoms with E-state index in [2.05, 4.69) is 25.3 Å². The smallest absolute Gasteiger partial charge is 0.202 e. The maximum Gasteiger partial charge on any atom is 0.202 e. The summed E-state index contributed by atoms with van der Waals surface area (Å²) in [5, 5.41) is 12.5. The number of benzene rings is 1. The van der Waals surface area contributed by atoms with Gasteiger partial charge in [0, 0.05) is 11.1 Å². The van der Waals surface area contributed by atoms with Gasteiger partial charge in [-0.15, -0.1) is 5.10 Å². The van der Waals surface area contributed by atoms with Crippen LogP contribution in [0.5, 0.6) is 0 Å². The van der Waals surface area contributed by atoms with E-state index in [0.29, 0.717) is 5.82 Å². The fourth-order valence-electron chi connectivity index (χ4n) is 2.12. The van der Waals surface area contributed by atoms with Gasteiger partial charge in [0.1, 0.15) is 12.0 Å². The second-order valence-electron chi connectivity index (χ2n) is 4.40. The number of hydrogen-bond acceptors (Lipinski definition) is 4. The van der Waals surface area contributed by atoms with Crippen molar-refractivity contribution in [1.29, 1.82) is 0 Å². The van der Waals surface area contributed by atoms with Crippen LogP contribution in [0.15, 0.2) is 36.7 Å². The van der Waals surface area contributed by atoms with Crippen LogP contribution < -0.4 is 0 Å². The van der Waals surface area contributed by atoms with Crippen molar-refractivity contribution in [3.63, 3.8) is 0 Å². The standard InChI is InChI=1S/C13H10N6/c1-8-6-11(17-16-8)12-15-13-9-4-2-3-5-10(9)14-7-19(13)18-12/h2-7H,1H3,(H,16,17). The summed E-state index contributed by atoms with van der Waals surface area (Å²) < 4.78 is 1.68. The van der Waals surface area contributed by atoms with Crippen LogP contribution in [0.25, 0.3) is 28.1 Å². The molecular formula is C13H10N6. The quantitative estimate of drug-likeness (QED) is 0.560. The zero-order chi connectivity index (χ0) is 12.8. The summed E-state index contributed by atoms with van der Waals surface area (Å²) in [5.74, 6) is 0.600. The molecule has 3 aromatic heterocycles. The van der Waals surface area contributed by atoms with Crippen molar-refractivity contribution in [2.45, 2.75) is 6.92 Å². The molecule has 0 saturated carbocycles. The number of aryl methyl sites for hydroxylation is 1. The van der Waals surface area contributed by atoms with Crippen molar-refractivity contribution in [2.75, 3.05) is 0 Å². The highest BCUT2D eigenvalue weighted by atomic mass is 15.3. The number of hydrogen-bond donors (Lipinski definition) is 1. The van der Waals surface area contributed by atoms with E-state index < -0.39 is 0 Å². The molecule has 6 heteroatoms. The molecule has 0 saturated heterocycles. The topological polar surface area (TPSA) is 71.8 Å². The second kappa shape index (κ2) is 3.61. The SMILES string of the molecule is Cc1cc(-c2nc3c4ccccc4ncn3n2)n[nH]1. The third-order valence-corrected chi connectivity index (χ3v) is 3.02. The van der Waals surface area contributed by atoms with Gasteiger partial charge in [-0.1, -0.05) is 12.1 Å². The van der Waals surface area contributed by atoms with Crippen LogP contribution in [0.1, 0.15) is 5.69 Å². The Morgan fingerprint density at radius 1 is 1.21 bits per heavy atom. The average Bonchev–Trinajstić information content (AvgIpc) is 3.04. The zero-order valence-corrected chi connectivity index (χ0v) is 10.2. The van der Waals surface area contributed by atoms with Gasteiger partial charge in [-0.3, -0.25) is 5.10 Å². The highest BCUT2D eigenvalue weighted by Crippen LogP contribution is 2.19. The lowest BCUT2D eigenvalue weighted by Gasteiger charge is -1.96. The largest absolute Gasteiger partial charge is 0.282 e. The Bertz CT molecular complexity index is 888. The Morgan fingerprint density at radius 2 is 2.11 bits per heavy atom. The minimum absolute atomic E-state index is 0.600. The monoisotopic (exact) mass is 250 g/mol. The number of aromatic amines is 1. The van der Waals surface area contributed by atoms with Crippen LogP contribution in [0.4, 0.5) is 0 Å². The number of nitrogens with zero attached hydrogens (tertiary/aromatic N) is 5. The molecule has 1 aromatic carbocycles. The summed E-state index contributed by atoms with van der Waals surface area (Å²) in [6.45, 7) is 1.95. The zero-order valence-electron chi connectivity index (χ0n) is 10.2. The molecule has 0 aliphatic heterocycles. The molecule has 6 nitrogen and oxygen atoms in total. The Kier molecular flexibility index (Phi) is 1.94. The number of H-pyrrole nitrogens is 1. The molecule has 0 fully saturated rings. The van der Waals surface area contributed by atoms with Crippen molar-refractivity contribution >= 4 is 16.6 Å². The number of fused-ring (bicyclic) bond motifs is 3. The molecule has 4 aromatic rings. The molecule has 0 bridgehead atoms. The summed E-state index contributed by atoms with van der Waals surface area (Å²) in [6, 6.07) is 9.80. The van der Waals surface area contributed by atoms with E-state index in [1.165, 1.54) is 0 Å². The first-order valence-corrected chi connectivity index (χ1v) is 5.94. The lowest BCUT2D eigenvalue weighted by Crippen LogP contribution is -1.90. The Labute approximate surface area is 108 Å². The van der Waals surface area contributed by atoms with E-state index in [1.807, 2.05) is 37.3 Å². The number of nitrogens with one attached hydrogen (secondary N) is 1. The molecule has 0 radical (unpaired) electrons. The van der Waals surface area contributed by atoms with Gasteiger partial charge in [-0.25, -0.2) is 14.5 Å². The predicted octanol–water partition coefficient (Wildman–Crippen LogP) is 1.98. The van der Waals surface area contributed by atoms with Crippen LogP contribution >= 0.6 is 0 Å². The molecule has 0 atom stereocenters. The Hall–Kier alpha value is -2.76. The van der Waals surface area contributed by atoms with Crippen molar-refractivity contribution in [3.05, 3.63) is 42.4 Å². The summed E-state index contributed by atoms with van der Waals surface area (Å²) >= 11 is 0. The molecule has 0 aliphatic carbocycles. The van der Waals surface area contributed by atoms with Gasteiger partial charge >= 0.3 is 0 Å². The first-order chi connectivity index (χ1) is 9.31. The second-order valence-corrected chi connectivity index (χ2v) is 4.40. The molecule has 4 rings (SSSR count). The third-order valence-electron chi connectivity index (χ3n) is 3.02. The molecule has 0 amide bonds. The highest BCUT2D eigenvalue weighted by molar-refractivity contribution is 5.91. The Balaban J connectivity index is 2.03. The summed E-state index contributed by atoms with van der Waals surface area (Å²) in [5.41, 5.74) is 3.43. The van der Waals surface area contributed by atoms with E-state index in [0.717, 1.165) is 27.9 Å². The predicted molar refractivity (Wildman–Crippen MR) is 70.6 cm³/mol. The fourth-order valence-corrected chi connectivity index (χ4v) is 2.12. The van der Waals surface area contributed by atoms with Crippen molar-refractivity contribution in [1.82, 2.24) is 29.8 Å². The van der Waals surface area contributed by atoms with Gasteiger partial charge in [-0.05, 0) is 25.1 Å². The number of aromatic nitrogens is 6. The molecule has 92 valence electrons. The van der Waals surface area contributed by atoms with Crippen LogP contribution in [0.2, 0.25) is 0 Å². The molecule has 1 N–H and O–H groups in total. The van der Waals surface area contributed by atoms with Crippen LogP contribution in [-0.4, -0.2) is 29.8 Å². The fraction of sp³-hybridized carbons (Fsp3) is 0.0769. The molecular weight excluding hydrogens is 240 g/mol. The van der Waals surface area contributed by atoms with Gasteiger partial charge in [0.2, 0.25) is 5.82 Å². The minimum atomic E-state index is 0.600. The van der Waals surface area contributed by atoms with E-state index in [9.17, 15) is 0 Å². The highest BCUT2D eigenvalue weighted by Gasteiger charge is 2.11. The summed E-state index contributed by atoms with van der Waals surface area (Å²) in [6.07, 6.45) is 1.67. The molecule has 0 aliphatic rings. The van der Waals surface area contributed by atoms with Gasteiger partial charge in [0.25, 0.3) is 0 Å². The minimum Gasteiger partial charge on any atom is -0.282 e. The van der Waals surface area contributed by atoms with E-state index in [1.54, 1.807) is 10.8 Å². The van der Waals surface area contributed by atoms with Crippen molar-refractivity contribution in [2.24, 2.45) is 0 Å². The first-order valence-electron chi connectivity index (χ1n) is 5.94. The maximum absolute atomic E-state index is 4.55. The lowest BCUT2D eigenvalue weighted by atomic mass is 10.2. The summed E-state index contributed by atoms with van der Waals surface area (Å²) in [7, 11) is 0. The van der Waals surface area contributed by atoms with Crippen molar-refractivity contribution in [3.8, 4) is 11.5 Å². The van der Waals surface area contributed by atoms with Crippen LogP contribution in [-0.2, 0) is 0 Å². The van der Waals surface area contributed by atoms with Crippen LogP contribution in [0.3, 0.4) is 0 Å². The molecule has 0 unspecified atom stereocenters. The maximum atomic E-state index is 4.55. The number of para-hydroxylation sites is 1. The molecule has 3 heterocycles. The Morgan fingerprint density at radius 3 is 2.95 bits per heavy atom. The number of rotatable bonds is 1. The van der Waals surface area contributed by atoms with Gasteiger partial charge in [0.15, 0.2) is 5.65 Å². The van der Waals surface area contributed by atoms with Crippen LogP contribution in [0, 0.1) is 6.92 Å². The average molecular weight is 250 g/mol. The normalized spacial score (nSPS) is 11.4. The van der Waals surface area contributed by atoms with E-state index in [4.69, 9.17) is 0 Å². The van der Waals surface area contributed by atoms with E-state index in [-0.39, 0.29) is 0 Å². The third kappa shape index (κ3) is 1.50. The van der Waals surface area contributed by atoms with Crippen molar-refractivity contribution < 1.29 is 0 Å². The van der Waals surface area contributed by atoms with E-state index >= 15 is 0 Å². The summed E-state index contributed by atoms with van der Waals surface area (Å²) in [4.78, 5) is 8.91. The molecule has 0 spiro atoms.